The SMILES string of the molecule is CCc1nc2ccccc2n1CC(=O)N1CCCCC1CCc1ccc(OC)c(OC)c1. The first kappa shape index (κ1) is 22.2. The van der Waals surface area contributed by atoms with Crippen molar-refractivity contribution < 1.29 is 14.3 Å². The van der Waals surface area contributed by atoms with Crippen LogP contribution in [0.4, 0.5) is 0 Å². The van der Waals surface area contributed by atoms with Crippen LogP contribution >= 0.6 is 0 Å². The van der Waals surface area contributed by atoms with Crippen LogP contribution in [0.15, 0.2) is 42.5 Å². The number of carbonyl (C=O) groups is 1. The zero-order valence-electron chi connectivity index (χ0n) is 19.3. The number of aromatic nitrogens is 2. The molecule has 0 N–H and O–H groups in total. The van der Waals surface area contributed by atoms with Crippen molar-refractivity contribution in [2.24, 2.45) is 0 Å². The molecular weight excluding hydrogens is 402 g/mol. The van der Waals surface area contributed by atoms with Gasteiger partial charge in [-0.3, -0.25) is 4.79 Å². The highest BCUT2D eigenvalue weighted by Gasteiger charge is 2.27. The highest BCUT2D eigenvalue weighted by Crippen LogP contribution is 2.29. The summed E-state index contributed by atoms with van der Waals surface area (Å²) in [5, 5.41) is 0. The summed E-state index contributed by atoms with van der Waals surface area (Å²) in [5.41, 5.74) is 3.20. The Labute approximate surface area is 190 Å². The number of rotatable bonds is 8. The highest BCUT2D eigenvalue weighted by molar-refractivity contribution is 5.81. The number of carbonyl (C=O) groups excluding carboxylic acids is 1. The molecule has 170 valence electrons. The Kier molecular flexibility index (Phi) is 6.98. The van der Waals surface area contributed by atoms with E-state index in [1.807, 2.05) is 30.3 Å². The number of fused-ring (bicyclic) bond motifs is 1. The van der Waals surface area contributed by atoms with E-state index < -0.39 is 0 Å². The average Bonchev–Trinajstić information content (AvgIpc) is 3.20. The third-order valence-electron chi connectivity index (χ3n) is 6.50. The number of hydrogen-bond acceptors (Lipinski definition) is 4. The monoisotopic (exact) mass is 435 g/mol. The smallest absolute Gasteiger partial charge is 0.242 e. The summed E-state index contributed by atoms with van der Waals surface area (Å²) in [7, 11) is 3.31. The zero-order valence-corrected chi connectivity index (χ0v) is 19.3. The number of methoxy groups -OCH3 is 2. The number of ether oxygens (including phenoxy) is 2. The third-order valence-corrected chi connectivity index (χ3v) is 6.50. The van der Waals surface area contributed by atoms with E-state index in [1.54, 1.807) is 14.2 Å². The van der Waals surface area contributed by atoms with E-state index in [1.165, 1.54) is 12.0 Å². The Bertz CT molecular complexity index is 1080. The Morgan fingerprint density at radius 1 is 1.09 bits per heavy atom. The molecule has 6 heteroatoms. The number of piperidine rings is 1. The van der Waals surface area contributed by atoms with Crippen molar-refractivity contribution in [1.29, 1.82) is 0 Å². The van der Waals surface area contributed by atoms with E-state index in [4.69, 9.17) is 14.5 Å². The molecule has 1 saturated heterocycles. The first-order valence-corrected chi connectivity index (χ1v) is 11.6. The fourth-order valence-electron chi connectivity index (χ4n) is 4.80. The van der Waals surface area contributed by atoms with E-state index in [2.05, 4.69) is 28.5 Å². The molecule has 1 aromatic heterocycles. The lowest BCUT2D eigenvalue weighted by molar-refractivity contribution is -0.135. The number of hydrogen-bond donors (Lipinski definition) is 0. The molecule has 0 spiro atoms. The molecule has 2 aromatic carbocycles. The van der Waals surface area contributed by atoms with Gasteiger partial charge in [0.2, 0.25) is 5.91 Å². The normalized spacial score (nSPS) is 16.3. The summed E-state index contributed by atoms with van der Waals surface area (Å²) in [6.45, 7) is 3.29. The van der Waals surface area contributed by atoms with Gasteiger partial charge in [0.05, 0.1) is 25.3 Å². The van der Waals surface area contributed by atoms with Crippen LogP contribution < -0.4 is 9.47 Å². The van der Waals surface area contributed by atoms with Crippen LogP contribution in [0.5, 0.6) is 11.5 Å². The van der Waals surface area contributed by atoms with Gasteiger partial charge < -0.3 is 18.9 Å². The summed E-state index contributed by atoms with van der Waals surface area (Å²) >= 11 is 0. The molecule has 0 aliphatic carbocycles. The van der Waals surface area contributed by atoms with Crippen LogP contribution in [-0.4, -0.2) is 47.2 Å². The molecule has 2 heterocycles. The maximum Gasteiger partial charge on any atom is 0.242 e. The lowest BCUT2D eigenvalue weighted by Crippen LogP contribution is -2.45. The van der Waals surface area contributed by atoms with Crippen LogP contribution in [0, 0.1) is 0 Å². The van der Waals surface area contributed by atoms with Crippen LogP contribution in [0.1, 0.15) is 44.0 Å². The fraction of sp³-hybridized carbons (Fsp3) is 0.462. The minimum Gasteiger partial charge on any atom is -0.493 e. The molecule has 1 unspecified atom stereocenters. The van der Waals surface area contributed by atoms with Gasteiger partial charge in [0.25, 0.3) is 0 Å². The van der Waals surface area contributed by atoms with Gasteiger partial charge >= 0.3 is 0 Å². The summed E-state index contributed by atoms with van der Waals surface area (Å²) in [6.07, 6.45) is 5.98. The van der Waals surface area contributed by atoms with Gasteiger partial charge in [-0.15, -0.1) is 0 Å². The molecule has 1 amide bonds. The first-order chi connectivity index (χ1) is 15.6. The second kappa shape index (κ2) is 10.1. The maximum atomic E-state index is 13.4. The van der Waals surface area contributed by atoms with Crippen molar-refractivity contribution >= 4 is 16.9 Å². The van der Waals surface area contributed by atoms with Crippen molar-refractivity contribution in [3.05, 3.63) is 53.9 Å². The summed E-state index contributed by atoms with van der Waals surface area (Å²) in [6, 6.07) is 14.4. The Morgan fingerprint density at radius 3 is 2.69 bits per heavy atom. The summed E-state index contributed by atoms with van der Waals surface area (Å²) in [5.74, 6) is 2.66. The summed E-state index contributed by atoms with van der Waals surface area (Å²) < 4.78 is 12.9. The lowest BCUT2D eigenvalue weighted by atomic mass is 9.95. The Hall–Kier alpha value is -3.02. The van der Waals surface area contributed by atoms with Crippen molar-refractivity contribution in [3.8, 4) is 11.5 Å². The quantitative estimate of drug-likeness (QED) is 0.518. The van der Waals surface area contributed by atoms with Crippen molar-refractivity contribution in [1.82, 2.24) is 14.5 Å². The number of amides is 1. The standard InChI is InChI=1S/C26H33N3O3/c1-4-25-27-21-10-5-6-11-22(21)29(25)18-26(30)28-16-8-7-9-20(28)14-12-19-13-15-23(31-2)24(17-19)32-3/h5-6,10-11,13,15,17,20H,4,7-9,12,14,16,18H2,1-3H3. The van der Waals surface area contributed by atoms with E-state index in [0.29, 0.717) is 6.54 Å². The number of imidazole rings is 1. The molecule has 3 aromatic rings. The van der Waals surface area contributed by atoms with Gasteiger partial charge in [0, 0.05) is 19.0 Å². The Morgan fingerprint density at radius 2 is 1.91 bits per heavy atom. The zero-order chi connectivity index (χ0) is 22.5. The second-order valence-corrected chi connectivity index (χ2v) is 8.42. The van der Waals surface area contributed by atoms with Crippen molar-refractivity contribution in [2.45, 2.75) is 58.0 Å². The predicted molar refractivity (Wildman–Crippen MR) is 126 cm³/mol. The third kappa shape index (κ3) is 4.59. The number of aryl methyl sites for hydroxylation is 2. The van der Waals surface area contributed by atoms with Crippen LogP contribution in [0.2, 0.25) is 0 Å². The number of nitrogens with zero attached hydrogens (tertiary/aromatic N) is 3. The number of benzene rings is 2. The number of likely N-dealkylation sites (tertiary alicyclic amines) is 1. The molecule has 0 radical (unpaired) electrons. The fourth-order valence-corrected chi connectivity index (χ4v) is 4.80. The topological polar surface area (TPSA) is 56.6 Å². The second-order valence-electron chi connectivity index (χ2n) is 8.42. The van der Waals surface area contributed by atoms with Crippen molar-refractivity contribution in [2.75, 3.05) is 20.8 Å². The van der Waals surface area contributed by atoms with Crippen molar-refractivity contribution in [3.63, 3.8) is 0 Å². The predicted octanol–water partition coefficient (Wildman–Crippen LogP) is 4.63. The molecule has 0 saturated carbocycles. The molecule has 1 atom stereocenters. The average molecular weight is 436 g/mol. The van der Waals surface area contributed by atoms with E-state index in [-0.39, 0.29) is 11.9 Å². The first-order valence-electron chi connectivity index (χ1n) is 11.6. The molecule has 1 aliphatic heterocycles. The maximum absolute atomic E-state index is 13.4. The van der Waals surface area contributed by atoms with E-state index in [9.17, 15) is 4.79 Å². The van der Waals surface area contributed by atoms with Crippen LogP contribution in [0.3, 0.4) is 0 Å². The van der Waals surface area contributed by atoms with Gasteiger partial charge in [-0.1, -0.05) is 25.1 Å². The number of para-hydroxylation sites is 2. The Balaban J connectivity index is 1.47. The molecule has 0 bridgehead atoms. The summed E-state index contributed by atoms with van der Waals surface area (Å²) in [4.78, 5) is 20.3. The van der Waals surface area contributed by atoms with Gasteiger partial charge in [-0.25, -0.2) is 4.98 Å². The molecule has 32 heavy (non-hydrogen) atoms. The van der Waals surface area contributed by atoms with Gasteiger partial charge in [-0.05, 0) is 61.9 Å². The van der Waals surface area contributed by atoms with Crippen LogP contribution in [-0.2, 0) is 24.2 Å². The van der Waals surface area contributed by atoms with Crippen LogP contribution in [0.25, 0.3) is 11.0 Å². The van der Waals surface area contributed by atoms with E-state index >= 15 is 0 Å². The minimum atomic E-state index is 0.194. The van der Waals surface area contributed by atoms with Gasteiger partial charge in [0.1, 0.15) is 12.4 Å². The molecule has 1 aliphatic rings. The van der Waals surface area contributed by atoms with Gasteiger partial charge in [-0.2, -0.15) is 0 Å². The molecule has 1 fully saturated rings. The molecular formula is C26H33N3O3. The molecule has 6 nitrogen and oxygen atoms in total. The lowest BCUT2D eigenvalue weighted by Gasteiger charge is -2.36. The highest BCUT2D eigenvalue weighted by atomic mass is 16.5. The molecule has 4 rings (SSSR count). The van der Waals surface area contributed by atoms with E-state index in [0.717, 1.165) is 67.0 Å². The minimum absolute atomic E-state index is 0.194. The largest absolute Gasteiger partial charge is 0.493 e. The van der Waals surface area contributed by atoms with Gasteiger partial charge in [0.15, 0.2) is 11.5 Å².